The van der Waals surface area contributed by atoms with E-state index in [1.165, 1.54) is 0 Å². The van der Waals surface area contributed by atoms with Crippen molar-refractivity contribution in [2.75, 3.05) is 0 Å². The Morgan fingerprint density at radius 3 is 2.58 bits per heavy atom. The Morgan fingerprint density at radius 2 is 2.08 bits per heavy atom. The molecule has 1 N–H and O–H groups in total. The summed E-state index contributed by atoms with van der Waals surface area (Å²) >= 11 is 0. The first-order valence-electron chi connectivity index (χ1n) is 3.83. The molecule has 0 spiro atoms. The van der Waals surface area contributed by atoms with Crippen molar-refractivity contribution in [3.8, 4) is 6.07 Å². The second-order valence-corrected chi connectivity index (χ2v) is 3.97. The Kier molecular flexibility index (Phi) is 2.13. The van der Waals surface area contributed by atoms with Gasteiger partial charge in [-0.2, -0.15) is 15.6 Å². The van der Waals surface area contributed by atoms with E-state index in [9.17, 15) is 0 Å². The number of aromatic nitrogens is 3. The number of H-pyrrole nitrogens is 1. The van der Waals surface area contributed by atoms with Gasteiger partial charge in [-0.25, -0.2) is 0 Å². The summed E-state index contributed by atoms with van der Waals surface area (Å²) in [6.07, 6.45) is 0.770. The fourth-order valence-corrected chi connectivity index (χ4v) is 0.968. The van der Waals surface area contributed by atoms with Gasteiger partial charge in [-0.1, -0.05) is 20.8 Å². The summed E-state index contributed by atoms with van der Waals surface area (Å²) in [4.78, 5) is 0. The normalized spacial score (nSPS) is 11.2. The van der Waals surface area contributed by atoms with Crippen LogP contribution in [-0.2, 0) is 6.42 Å². The van der Waals surface area contributed by atoms with Crippen LogP contribution in [0.4, 0.5) is 0 Å². The quantitative estimate of drug-likeness (QED) is 0.679. The highest BCUT2D eigenvalue weighted by molar-refractivity contribution is 5.24. The third kappa shape index (κ3) is 2.06. The van der Waals surface area contributed by atoms with Gasteiger partial charge in [0, 0.05) is 0 Å². The van der Waals surface area contributed by atoms with Crippen LogP contribution in [-0.4, -0.2) is 15.4 Å². The van der Waals surface area contributed by atoms with Crippen molar-refractivity contribution in [2.45, 2.75) is 27.2 Å². The lowest BCUT2D eigenvalue weighted by Gasteiger charge is -2.15. The molecule has 0 fully saturated rings. The molecule has 0 aliphatic heterocycles. The molecular formula is C8H12N4. The van der Waals surface area contributed by atoms with E-state index in [1.807, 2.05) is 6.07 Å². The van der Waals surface area contributed by atoms with E-state index in [0.29, 0.717) is 5.69 Å². The summed E-state index contributed by atoms with van der Waals surface area (Å²) in [6, 6.07) is 1.99. The second-order valence-electron chi connectivity index (χ2n) is 3.97. The second kappa shape index (κ2) is 2.94. The Balaban J connectivity index is 2.84. The smallest absolute Gasteiger partial charge is 0.185 e. The van der Waals surface area contributed by atoms with Gasteiger partial charge in [0.2, 0.25) is 0 Å². The molecule has 0 unspecified atom stereocenters. The molecule has 64 valence electrons. The summed E-state index contributed by atoms with van der Waals surface area (Å²) in [7, 11) is 0. The summed E-state index contributed by atoms with van der Waals surface area (Å²) < 4.78 is 0. The number of hydrogen-bond acceptors (Lipinski definition) is 3. The lowest BCUT2D eigenvalue weighted by molar-refractivity contribution is 0.405. The number of nitrogens with zero attached hydrogens (tertiary/aromatic N) is 3. The minimum absolute atomic E-state index is 0.141. The van der Waals surface area contributed by atoms with Crippen LogP contribution in [0.2, 0.25) is 0 Å². The van der Waals surface area contributed by atoms with E-state index >= 15 is 0 Å². The van der Waals surface area contributed by atoms with Crippen molar-refractivity contribution in [3.05, 3.63) is 11.4 Å². The van der Waals surface area contributed by atoms with Gasteiger partial charge in [-0.05, 0) is 11.8 Å². The fraction of sp³-hybridized carbons (Fsp3) is 0.625. The van der Waals surface area contributed by atoms with Crippen LogP contribution in [0.15, 0.2) is 0 Å². The molecule has 1 aromatic heterocycles. The van der Waals surface area contributed by atoms with Crippen LogP contribution in [0.25, 0.3) is 0 Å². The molecule has 0 atom stereocenters. The Morgan fingerprint density at radius 1 is 1.42 bits per heavy atom. The molecule has 0 amide bonds. The van der Waals surface area contributed by atoms with Crippen molar-refractivity contribution < 1.29 is 0 Å². The summed E-state index contributed by atoms with van der Waals surface area (Å²) in [5.41, 5.74) is 1.30. The van der Waals surface area contributed by atoms with Gasteiger partial charge in [-0.3, -0.25) is 0 Å². The maximum atomic E-state index is 8.63. The monoisotopic (exact) mass is 164 g/mol. The molecule has 0 aromatic carbocycles. The van der Waals surface area contributed by atoms with Gasteiger partial charge in [0.05, 0.1) is 0 Å². The Bertz CT molecular complexity index is 300. The van der Waals surface area contributed by atoms with Gasteiger partial charge >= 0.3 is 0 Å². The van der Waals surface area contributed by atoms with E-state index in [2.05, 4.69) is 36.2 Å². The predicted molar refractivity (Wildman–Crippen MR) is 44.3 cm³/mol. The zero-order chi connectivity index (χ0) is 9.19. The first kappa shape index (κ1) is 8.72. The molecule has 0 saturated heterocycles. The zero-order valence-electron chi connectivity index (χ0n) is 7.55. The molecule has 1 rings (SSSR count). The molecule has 4 heteroatoms. The zero-order valence-corrected chi connectivity index (χ0v) is 7.55. The fourth-order valence-electron chi connectivity index (χ4n) is 0.968. The van der Waals surface area contributed by atoms with Crippen molar-refractivity contribution in [1.82, 2.24) is 15.4 Å². The summed E-state index contributed by atoms with van der Waals surface area (Å²) in [6.45, 7) is 6.30. The third-order valence-corrected chi connectivity index (χ3v) is 1.42. The average molecular weight is 164 g/mol. The van der Waals surface area contributed by atoms with Crippen molar-refractivity contribution in [1.29, 1.82) is 5.26 Å². The van der Waals surface area contributed by atoms with Gasteiger partial charge in [0.1, 0.15) is 11.8 Å². The number of rotatable bonds is 1. The van der Waals surface area contributed by atoms with Gasteiger partial charge < -0.3 is 0 Å². The Hall–Kier alpha value is -1.37. The topological polar surface area (TPSA) is 65.4 Å². The molecular weight excluding hydrogens is 152 g/mol. The number of hydrogen-bond donors (Lipinski definition) is 1. The maximum Gasteiger partial charge on any atom is 0.185 e. The third-order valence-electron chi connectivity index (χ3n) is 1.42. The van der Waals surface area contributed by atoms with Crippen LogP contribution >= 0.6 is 0 Å². The Labute approximate surface area is 71.6 Å². The molecule has 0 bridgehead atoms. The van der Waals surface area contributed by atoms with Crippen LogP contribution in [0.5, 0.6) is 0 Å². The first-order chi connectivity index (χ1) is 5.53. The molecule has 0 saturated carbocycles. The minimum Gasteiger partial charge on any atom is -0.196 e. The molecule has 1 aromatic rings. The lowest BCUT2D eigenvalue weighted by Crippen LogP contribution is -2.10. The summed E-state index contributed by atoms with van der Waals surface area (Å²) in [5.74, 6) is 0. The van der Waals surface area contributed by atoms with Crippen LogP contribution in [0.3, 0.4) is 0 Å². The number of aromatic amines is 1. The number of nitrogens with one attached hydrogen (secondary N) is 1. The van der Waals surface area contributed by atoms with E-state index in [1.54, 1.807) is 0 Å². The molecule has 4 nitrogen and oxygen atoms in total. The number of nitriles is 1. The molecule has 1 heterocycles. The SMILES string of the molecule is CC(C)(C)Cc1n[nH]nc1C#N. The van der Waals surface area contributed by atoms with Crippen molar-refractivity contribution in [3.63, 3.8) is 0 Å². The average Bonchev–Trinajstić information content (AvgIpc) is 2.31. The predicted octanol–water partition coefficient (Wildman–Crippen LogP) is 1.26. The van der Waals surface area contributed by atoms with E-state index in [4.69, 9.17) is 5.26 Å². The molecule has 0 aliphatic rings. The highest BCUT2D eigenvalue weighted by Crippen LogP contribution is 2.19. The van der Waals surface area contributed by atoms with Crippen LogP contribution in [0.1, 0.15) is 32.2 Å². The van der Waals surface area contributed by atoms with Gasteiger partial charge in [-0.15, -0.1) is 5.10 Å². The summed E-state index contributed by atoms with van der Waals surface area (Å²) in [5, 5.41) is 18.7. The highest BCUT2D eigenvalue weighted by Gasteiger charge is 2.16. The van der Waals surface area contributed by atoms with E-state index < -0.39 is 0 Å². The molecule has 0 radical (unpaired) electrons. The van der Waals surface area contributed by atoms with Crippen LogP contribution in [0, 0.1) is 16.7 Å². The molecule has 12 heavy (non-hydrogen) atoms. The van der Waals surface area contributed by atoms with E-state index in [0.717, 1.165) is 12.1 Å². The standard InChI is InChI=1S/C8H12N4/c1-8(2,3)4-6-7(5-9)11-12-10-6/h4H2,1-3H3,(H,10,11,12). The first-order valence-corrected chi connectivity index (χ1v) is 3.83. The van der Waals surface area contributed by atoms with Gasteiger partial charge in [0.25, 0.3) is 0 Å². The van der Waals surface area contributed by atoms with Crippen molar-refractivity contribution >= 4 is 0 Å². The van der Waals surface area contributed by atoms with Crippen LogP contribution < -0.4 is 0 Å². The lowest BCUT2D eigenvalue weighted by atomic mass is 9.90. The van der Waals surface area contributed by atoms with Crippen molar-refractivity contribution in [2.24, 2.45) is 5.41 Å². The minimum atomic E-state index is 0.141. The maximum absolute atomic E-state index is 8.63. The van der Waals surface area contributed by atoms with Gasteiger partial charge in [0.15, 0.2) is 5.69 Å². The highest BCUT2D eigenvalue weighted by atomic mass is 15.3. The van der Waals surface area contributed by atoms with E-state index in [-0.39, 0.29) is 5.41 Å². The largest absolute Gasteiger partial charge is 0.196 e. The molecule has 0 aliphatic carbocycles.